The number of methoxy groups -OCH3 is 2. The molecule has 1 aromatic rings. The molecule has 1 aromatic carbocycles. The molecule has 0 heterocycles. The van der Waals surface area contributed by atoms with Crippen LogP contribution in [-0.4, -0.2) is 51.8 Å². The van der Waals surface area contributed by atoms with Crippen LogP contribution in [0.15, 0.2) is 24.3 Å². The third kappa shape index (κ3) is 6.96. The zero-order chi connectivity index (χ0) is 17.3. The number of carbonyl (C=O) groups excluding carboxylic acids is 1. The molecular formula is C16H26N2O5. The Labute approximate surface area is 137 Å². The van der Waals surface area contributed by atoms with Crippen LogP contribution in [0.2, 0.25) is 0 Å². The van der Waals surface area contributed by atoms with Gasteiger partial charge in [0.2, 0.25) is 5.91 Å². The van der Waals surface area contributed by atoms with Crippen LogP contribution in [0, 0.1) is 0 Å². The first-order chi connectivity index (χ1) is 10.9. The molecule has 1 rings (SSSR count). The van der Waals surface area contributed by atoms with Crippen LogP contribution >= 0.6 is 0 Å². The van der Waals surface area contributed by atoms with Gasteiger partial charge in [-0.15, -0.1) is 0 Å². The molecule has 0 aliphatic rings. The minimum Gasteiger partial charge on any atom is -0.399 e. The van der Waals surface area contributed by atoms with Crippen molar-refractivity contribution in [2.24, 2.45) is 0 Å². The van der Waals surface area contributed by atoms with Crippen molar-refractivity contribution < 1.29 is 23.7 Å². The Morgan fingerprint density at radius 2 is 1.87 bits per heavy atom. The van der Waals surface area contributed by atoms with E-state index in [2.05, 4.69) is 5.32 Å². The number of benzene rings is 1. The van der Waals surface area contributed by atoms with Crippen LogP contribution in [0.5, 0.6) is 0 Å². The number of nitrogens with one attached hydrogen (secondary N) is 1. The van der Waals surface area contributed by atoms with Crippen molar-refractivity contribution in [3.8, 4) is 0 Å². The molecule has 0 spiro atoms. The Kier molecular flexibility index (Phi) is 7.97. The lowest BCUT2D eigenvalue weighted by Crippen LogP contribution is -2.47. The van der Waals surface area contributed by atoms with Gasteiger partial charge in [-0.1, -0.05) is 0 Å². The molecule has 0 fully saturated rings. The van der Waals surface area contributed by atoms with E-state index in [-0.39, 0.29) is 12.4 Å². The van der Waals surface area contributed by atoms with Gasteiger partial charge in [-0.05, 0) is 31.2 Å². The predicted octanol–water partition coefficient (Wildman–Crippen LogP) is 1.64. The lowest BCUT2D eigenvalue weighted by molar-refractivity contribution is -0.236. The second-order valence-corrected chi connectivity index (χ2v) is 5.21. The second kappa shape index (κ2) is 9.46. The molecule has 0 bridgehead atoms. The summed E-state index contributed by atoms with van der Waals surface area (Å²) in [5, 5.41) is 3.12. The van der Waals surface area contributed by atoms with E-state index in [0.717, 1.165) is 5.69 Å². The highest BCUT2D eigenvalue weighted by atomic mass is 16.7. The molecule has 0 amide bonds. The van der Waals surface area contributed by atoms with Crippen molar-refractivity contribution in [1.82, 2.24) is 0 Å². The number of ether oxygens (including phenoxy) is 4. The highest BCUT2D eigenvalue weighted by molar-refractivity contribution is 5.80. The largest absolute Gasteiger partial charge is 0.399 e. The van der Waals surface area contributed by atoms with Gasteiger partial charge in [0.15, 0.2) is 5.78 Å². The van der Waals surface area contributed by atoms with Gasteiger partial charge in [-0.25, -0.2) is 0 Å². The van der Waals surface area contributed by atoms with Gasteiger partial charge in [0, 0.05) is 32.5 Å². The summed E-state index contributed by atoms with van der Waals surface area (Å²) in [5.41, 5.74) is 7.08. The van der Waals surface area contributed by atoms with Crippen molar-refractivity contribution in [3.63, 3.8) is 0 Å². The molecule has 0 saturated heterocycles. The van der Waals surface area contributed by atoms with E-state index in [1.165, 1.54) is 14.0 Å². The van der Waals surface area contributed by atoms with Gasteiger partial charge in [-0.2, -0.15) is 0 Å². The molecule has 2 unspecified atom stereocenters. The highest BCUT2D eigenvalue weighted by Gasteiger charge is 2.32. The maximum atomic E-state index is 11.7. The number of Topliss-reactive ketones (excluding diaryl/α,β-unsaturated/α-hetero) is 1. The molecule has 0 aliphatic carbocycles. The number of nitrogens with two attached hydrogens (primary N) is 1. The number of anilines is 2. The number of hydrogen-bond acceptors (Lipinski definition) is 7. The number of carbonyl (C=O) groups is 1. The van der Waals surface area contributed by atoms with Crippen LogP contribution in [0.1, 0.15) is 13.8 Å². The zero-order valence-corrected chi connectivity index (χ0v) is 14.1. The first-order valence-corrected chi connectivity index (χ1v) is 7.34. The number of hydrogen-bond donors (Lipinski definition) is 2. The molecule has 7 nitrogen and oxygen atoms in total. The van der Waals surface area contributed by atoms with Crippen LogP contribution < -0.4 is 11.1 Å². The van der Waals surface area contributed by atoms with Crippen LogP contribution in [0.25, 0.3) is 0 Å². The summed E-state index contributed by atoms with van der Waals surface area (Å²) in [7, 11) is 3.09. The van der Waals surface area contributed by atoms with E-state index in [4.69, 9.17) is 24.7 Å². The SMILES string of the molecule is COCCOC(C)(Nc1ccc(N)cc1)OC(COC)C(C)=O. The lowest BCUT2D eigenvalue weighted by Gasteiger charge is -2.34. The molecule has 130 valence electrons. The molecular weight excluding hydrogens is 300 g/mol. The number of rotatable bonds is 11. The average molecular weight is 326 g/mol. The minimum absolute atomic E-state index is 0.141. The van der Waals surface area contributed by atoms with Crippen molar-refractivity contribution in [2.75, 3.05) is 45.1 Å². The highest BCUT2D eigenvalue weighted by Crippen LogP contribution is 2.21. The normalized spacial score (nSPS) is 15.0. The third-order valence-electron chi connectivity index (χ3n) is 3.09. The fraction of sp³-hybridized carbons (Fsp3) is 0.562. The van der Waals surface area contributed by atoms with E-state index < -0.39 is 12.0 Å². The fourth-order valence-corrected chi connectivity index (χ4v) is 1.91. The minimum atomic E-state index is -1.22. The fourth-order valence-electron chi connectivity index (χ4n) is 1.91. The maximum Gasteiger partial charge on any atom is 0.247 e. The van der Waals surface area contributed by atoms with Gasteiger partial charge in [-0.3, -0.25) is 4.79 Å². The van der Waals surface area contributed by atoms with E-state index in [9.17, 15) is 4.79 Å². The molecule has 0 aromatic heterocycles. The van der Waals surface area contributed by atoms with Crippen LogP contribution in [0.3, 0.4) is 0 Å². The van der Waals surface area contributed by atoms with E-state index >= 15 is 0 Å². The molecule has 0 saturated carbocycles. The van der Waals surface area contributed by atoms with Crippen molar-refractivity contribution >= 4 is 17.2 Å². The van der Waals surface area contributed by atoms with Crippen molar-refractivity contribution in [2.45, 2.75) is 25.9 Å². The number of ketones is 1. The Bertz CT molecular complexity index is 480. The zero-order valence-electron chi connectivity index (χ0n) is 14.1. The maximum absolute atomic E-state index is 11.7. The predicted molar refractivity (Wildman–Crippen MR) is 88.1 cm³/mol. The lowest BCUT2D eigenvalue weighted by atomic mass is 10.2. The second-order valence-electron chi connectivity index (χ2n) is 5.21. The molecule has 2 atom stereocenters. The Hall–Kier alpha value is -1.67. The van der Waals surface area contributed by atoms with Gasteiger partial charge < -0.3 is 30.0 Å². The topological polar surface area (TPSA) is 92.0 Å². The Morgan fingerprint density at radius 3 is 2.39 bits per heavy atom. The van der Waals surface area contributed by atoms with Gasteiger partial charge in [0.05, 0.1) is 19.8 Å². The smallest absolute Gasteiger partial charge is 0.247 e. The van der Waals surface area contributed by atoms with E-state index in [1.54, 1.807) is 38.3 Å². The summed E-state index contributed by atoms with van der Waals surface area (Å²) >= 11 is 0. The molecule has 0 radical (unpaired) electrons. The van der Waals surface area contributed by atoms with E-state index in [0.29, 0.717) is 18.9 Å². The summed E-state index contributed by atoms with van der Waals surface area (Å²) in [6.07, 6.45) is -0.742. The summed E-state index contributed by atoms with van der Waals surface area (Å²) in [6.45, 7) is 3.99. The number of nitrogen functional groups attached to an aromatic ring is 1. The van der Waals surface area contributed by atoms with Crippen molar-refractivity contribution in [1.29, 1.82) is 0 Å². The van der Waals surface area contributed by atoms with Gasteiger partial charge >= 0.3 is 0 Å². The van der Waals surface area contributed by atoms with Gasteiger partial charge in [0.25, 0.3) is 0 Å². The molecule has 23 heavy (non-hydrogen) atoms. The van der Waals surface area contributed by atoms with E-state index in [1.807, 2.05) is 0 Å². The van der Waals surface area contributed by atoms with Crippen LogP contribution in [-0.2, 0) is 23.7 Å². The van der Waals surface area contributed by atoms with Gasteiger partial charge in [0.1, 0.15) is 6.10 Å². The third-order valence-corrected chi connectivity index (χ3v) is 3.09. The summed E-state index contributed by atoms with van der Waals surface area (Å²) in [4.78, 5) is 11.7. The Morgan fingerprint density at radius 1 is 1.22 bits per heavy atom. The molecule has 0 aliphatic heterocycles. The average Bonchev–Trinajstić information content (AvgIpc) is 2.49. The summed E-state index contributed by atoms with van der Waals surface area (Å²) in [5.74, 6) is -1.36. The van der Waals surface area contributed by atoms with Crippen LogP contribution in [0.4, 0.5) is 11.4 Å². The first kappa shape index (κ1) is 19.4. The molecule has 7 heteroatoms. The van der Waals surface area contributed by atoms with Crippen molar-refractivity contribution in [3.05, 3.63) is 24.3 Å². The Balaban J connectivity index is 2.86. The monoisotopic (exact) mass is 326 g/mol. The standard InChI is InChI=1S/C16H26N2O5/c1-12(19)15(11-21-4)23-16(2,22-10-9-20-3)18-14-7-5-13(17)6-8-14/h5-8,15,18H,9-11,17H2,1-4H3. The molecule has 3 N–H and O–H groups in total. The summed E-state index contributed by atoms with van der Waals surface area (Å²) < 4.78 is 21.6. The quantitative estimate of drug-likeness (QED) is 0.363. The first-order valence-electron chi connectivity index (χ1n) is 7.34. The summed E-state index contributed by atoms with van der Waals surface area (Å²) in [6, 6.07) is 7.12.